The van der Waals surface area contributed by atoms with Gasteiger partial charge in [0.2, 0.25) is 5.82 Å². The van der Waals surface area contributed by atoms with Gasteiger partial charge in [0, 0.05) is 0 Å². The maximum Gasteiger partial charge on any atom is 0.296 e. The van der Waals surface area contributed by atoms with Gasteiger partial charge < -0.3 is 5.73 Å². The first kappa shape index (κ1) is 17.1. The standard InChI is InChI=1S/C9H6F2N4O6S2/c10-6-8(13-15-14-9(6)11)5-3(22(16,17)18)1-2-4(7(5)12)23(19,20)21/h1-2H,12H2,(H,16,17,18)(H,19,20,21). The third kappa shape index (κ3) is 3.09. The van der Waals surface area contributed by atoms with Gasteiger partial charge in [-0.15, -0.1) is 5.10 Å². The molecule has 1 aromatic carbocycles. The molecular weight excluding hydrogens is 362 g/mol. The van der Waals surface area contributed by atoms with Crippen molar-refractivity contribution >= 4 is 25.9 Å². The minimum atomic E-state index is -5.03. The SMILES string of the molecule is Nc1c(S(=O)(=O)O)ccc(S(=O)(=O)O)c1-c1nnnc(F)c1F. The summed E-state index contributed by atoms with van der Waals surface area (Å²) in [6, 6.07) is 1.07. The average molecular weight is 368 g/mol. The number of benzene rings is 1. The fourth-order valence-electron chi connectivity index (χ4n) is 1.72. The number of nitrogens with zero attached hydrogens (tertiary/aromatic N) is 3. The Balaban J connectivity index is 3.03. The Bertz CT molecular complexity index is 1010. The maximum atomic E-state index is 13.8. The van der Waals surface area contributed by atoms with E-state index in [-0.39, 0.29) is 0 Å². The molecule has 2 aromatic rings. The van der Waals surface area contributed by atoms with Crippen molar-refractivity contribution < 1.29 is 34.7 Å². The third-order valence-corrected chi connectivity index (χ3v) is 4.43. The van der Waals surface area contributed by atoms with Crippen molar-refractivity contribution in [2.45, 2.75) is 9.79 Å². The zero-order valence-corrected chi connectivity index (χ0v) is 12.3. The molecule has 10 nitrogen and oxygen atoms in total. The van der Waals surface area contributed by atoms with Crippen LogP contribution in [0.2, 0.25) is 0 Å². The third-order valence-electron chi connectivity index (χ3n) is 2.63. The zero-order chi connectivity index (χ0) is 17.6. The molecular formula is C9H6F2N4O6S2. The van der Waals surface area contributed by atoms with E-state index >= 15 is 0 Å². The highest BCUT2D eigenvalue weighted by molar-refractivity contribution is 7.86. The quantitative estimate of drug-likeness (QED) is 0.490. The second kappa shape index (κ2) is 5.41. The molecule has 0 fully saturated rings. The lowest BCUT2D eigenvalue weighted by atomic mass is 10.1. The lowest BCUT2D eigenvalue weighted by molar-refractivity contribution is 0.454. The molecule has 124 valence electrons. The van der Waals surface area contributed by atoms with Crippen molar-refractivity contribution in [1.82, 2.24) is 15.4 Å². The van der Waals surface area contributed by atoms with E-state index in [1.807, 2.05) is 0 Å². The number of nitrogen functional groups attached to an aromatic ring is 1. The van der Waals surface area contributed by atoms with Crippen molar-refractivity contribution in [2.75, 3.05) is 5.73 Å². The number of rotatable bonds is 3. The molecule has 0 unspecified atom stereocenters. The molecule has 0 saturated carbocycles. The Hall–Kier alpha value is -2.29. The lowest BCUT2D eigenvalue weighted by Crippen LogP contribution is -2.12. The van der Waals surface area contributed by atoms with Crippen molar-refractivity contribution in [2.24, 2.45) is 0 Å². The maximum absolute atomic E-state index is 13.8. The molecule has 1 heterocycles. The van der Waals surface area contributed by atoms with Crippen LogP contribution in [0.25, 0.3) is 11.3 Å². The van der Waals surface area contributed by atoms with Crippen LogP contribution < -0.4 is 5.73 Å². The lowest BCUT2D eigenvalue weighted by Gasteiger charge is -2.12. The van der Waals surface area contributed by atoms with Gasteiger partial charge >= 0.3 is 0 Å². The van der Waals surface area contributed by atoms with Crippen molar-refractivity contribution in [3.05, 3.63) is 23.9 Å². The van der Waals surface area contributed by atoms with E-state index in [2.05, 4.69) is 15.4 Å². The number of hydrogen-bond donors (Lipinski definition) is 3. The van der Waals surface area contributed by atoms with Crippen LogP contribution in [0.5, 0.6) is 0 Å². The van der Waals surface area contributed by atoms with Crippen molar-refractivity contribution in [3.8, 4) is 11.3 Å². The summed E-state index contributed by atoms with van der Waals surface area (Å²) in [6.07, 6.45) is 0. The topological polar surface area (TPSA) is 173 Å². The summed E-state index contributed by atoms with van der Waals surface area (Å²) in [5.41, 5.74) is 2.33. The second-order valence-corrected chi connectivity index (χ2v) is 6.82. The first-order chi connectivity index (χ1) is 10.4. The molecule has 4 N–H and O–H groups in total. The van der Waals surface area contributed by atoms with Crippen LogP contribution in [0.3, 0.4) is 0 Å². The first-order valence-corrected chi connectivity index (χ1v) is 8.24. The summed E-state index contributed by atoms with van der Waals surface area (Å²) >= 11 is 0. The predicted octanol–water partition coefficient (Wildman–Crippen LogP) is -0.108. The Kier molecular flexibility index (Phi) is 4.02. The van der Waals surface area contributed by atoms with Crippen LogP contribution in [0.1, 0.15) is 0 Å². The molecule has 0 saturated heterocycles. The summed E-state index contributed by atoms with van der Waals surface area (Å²) in [6.45, 7) is 0. The monoisotopic (exact) mass is 368 g/mol. The molecule has 0 aliphatic heterocycles. The Morgan fingerprint density at radius 1 is 0.957 bits per heavy atom. The van der Waals surface area contributed by atoms with Gasteiger partial charge in [-0.25, -0.2) is 0 Å². The van der Waals surface area contributed by atoms with E-state index in [1.165, 1.54) is 0 Å². The van der Waals surface area contributed by atoms with Crippen LogP contribution >= 0.6 is 0 Å². The molecule has 23 heavy (non-hydrogen) atoms. The molecule has 0 aliphatic carbocycles. The fourth-order valence-corrected chi connectivity index (χ4v) is 3.04. The van der Waals surface area contributed by atoms with Gasteiger partial charge in [0.05, 0.1) is 11.3 Å². The molecule has 0 atom stereocenters. The normalized spacial score (nSPS) is 12.3. The zero-order valence-electron chi connectivity index (χ0n) is 10.7. The summed E-state index contributed by atoms with van der Waals surface area (Å²) in [5, 5.41) is 8.51. The molecule has 0 radical (unpaired) electrons. The van der Waals surface area contributed by atoms with Crippen LogP contribution in [0.4, 0.5) is 14.5 Å². The molecule has 0 spiro atoms. The van der Waals surface area contributed by atoms with E-state index in [0.29, 0.717) is 12.1 Å². The van der Waals surface area contributed by atoms with E-state index < -0.39 is 58.7 Å². The fraction of sp³-hybridized carbons (Fsp3) is 0. The molecule has 2 rings (SSSR count). The highest BCUT2D eigenvalue weighted by atomic mass is 32.2. The minimum Gasteiger partial charge on any atom is -0.397 e. The van der Waals surface area contributed by atoms with Gasteiger partial charge in [0.25, 0.3) is 26.2 Å². The minimum absolute atomic E-state index is 0.517. The molecule has 14 heteroatoms. The summed E-state index contributed by atoms with van der Waals surface area (Å²) in [4.78, 5) is -2.07. The highest BCUT2D eigenvalue weighted by Gasteiger charge is 2.29. The number of anilines is 1. The van der Waals surface area contributed by atoms with E-state index in [0.717, 1.165) is 0 Å². The Morgan fingerprint density at radius 2 is 1.48 bits per heavy atom. The number of hydrogen-bond acceptors (Lipinski definition) is 8. The van der Waals surface area contributed by atoms with E-state index in [9.17, 15) is 25.6 Å². The molecule has 0 aliphatic rings. The smallest absolute Gasteiger partial charge is 0.296 e. The highest BCUT2D eigenvalue weighted by Crippen LogP contribution is 2.36. The summed E-state index contributed by atoms with van der Waals surface area (Å²) in [5.74, 6) is -3.56. The van der Waals surface area contributed by atoms with E-state index in [4.69, 9.17) is 14.8 Å². The van der Waals surface area contributed by atoms with Gasteiger partial charge in [0.15, 0.2) is 0 Å². The average Bonchev–Trinajstić information content (AvgIpc) is 2.39. The number of nitrogens with two attached hydrogens (primary N) is 1. The molecule has 0 amide bonds. The van der Waals surface area contributed by atoms with Crippen molar-refractivity contribution in [1.29, 1.82) is 0 Å². The summed E-state index contributed by atoms with van der Waals surface area (Å²) in [7, 11) is -9.96. The van der Waals surface area contributed by atoms with Crippen LogP contribution in [0.15, 0.2) is 21.9 Å². The van der Waals surface area contributed by atoms with Gasteiger partial charge in [-0.05, 0) is 17.3 Å². The Labute approximate surface area is 127 Å². The van der Waals surface area contributed by atoms with E-state index in [1.54, 1.807) is 0 Å². The largest absolute Gasteiger partial charge is 0.397 e. The first-order valence-electron chi connectivity index (χ1n) is 5.36. The van der Waals surface area contributed by atoms with Gasteiger partial charge in [-0.2, -0.15) is 25.6 Å². The Morgan fingerprint density at radius 3 is 2.00 bits per heavy atom. The number of halogens is 2. The summed E-state index contributed by atoms with van der Waals surface area (Å²) < 4.78 is 90.2. The van der Waals surface area contributed by atoms with Crippen LogP contribution in [-0.2, 0) is 20.2 Å². The van der Waals surface area contributed by atoms with Gasteiger partial charge in [-0.3, -0.25) is 9.11 Å². The van der Waals surface area contributed by atoms with Crippen LogP contribution in [-0.4, -0.2) is 41.4 Å². The number of aromatic nitrogens is 3. The molecule has 0 bridgehead atoms. The predicted molar refractivity (Wildman–Crippen MR) is 69.2 cm³/mol. The van der Waals surface area contributed by atoms with Crippen molar-refractivity contribution in [3.63, 3.8) is 0 Å². The van der Waals surface area contributed by atoms with Crippen LogP contribution in [0, 0.1) is 11.8 Å². The second-order valence-electron chi connectivity index (χ2n) is 4.04. The van der Waals surface area contributed by atoms with Gasteiger partial charge in [-0.1, -0.05) is 5.10 Å². The molecule has 1 aromatic heterocycles. The van der Waals surface area contributed by atoms with Gasteiger partial charge in [0.1, 0.15) is 15.5 Å².